The Balaban J connectivity index is 2.52. The Morgan fingerprint density at radius 2 is 1.46 bits per heavy atom. The van der Waals surface area contributed by atoms with Gasteiger partial charge >= 0.3 is 24.2 Å². The quantitative estimate of drug-likeness (QED) is 0.281. The second-order valence-corrected chi connectivity index (χ2v) is 5.82. The number of rotatable bonds is 10. The lowest BCUT2D eigenvalue weighted by Gasteiger charge is -2.39. The Bertz CT molecular complexity index is 494. The van der Waals surface area contributed by atoms with E-state index in [4.69, 9.17) is 14.6 Å². The molecule has 0 aromatic rings. The van der Waals surface area contributed by atoms with Crippen molar-refractivity contribution in [2.45, 2.75) is 54.9 Å². The fourth-order valence-electron chi connectivity index (χ4n) is 2.10. The number of halogens is 8. The van der Waals surface area contributed by atoms with Crippen LogP contribution in [0.5, 0.6) is 0 Å². The van der Waals surface area contributed by atoms with E-state index in [0.717, 1.165) is 0 Å². The molecule has 168 valence electrons. The molecule has 0 unspecified atom stereocenters. The molecule has 0 aromatic carbocycles. The number of hydrogen-bond donors (Lipinski definition) is 4. The summed E-state index contributed by atoms with van der Waals surface area (Å²) >= 11 is 0. The van der Waals surface area contributed by atoms with Crippen molar-refractivity contribution in [3.8, 4) is 0 Å². The molecule has 1 saturated heterocycles. The molecule has 1 aliphatic heterocycles. The van der Waals surface area contributed by atoms with E-state index >= 15 is 0 Å². The smallest absolute Gasteiger partial charge is 0.380 e. The molecule has 7 nitrogen and oxygen atoms in total. The lowest BCUT2D eigenvalue weighted by molar-refractivity contribution is -0.346. The summed E-state index contributed by atoms with van der Waals surface area (Å²) in [5.41, 5.74) is 0. The molecule has 1 heterocycles. The molecule has 28 heavy (non-hydrogen) atoms. The minimum absolute atomic E-state index is 0.754. The third kappa shape index (κ3) is 5.01. The van der Waals surface area contributed by atoms with Crippen molar-refractivity contribution < 1.29 is 69.8 Å². The first kappa shape index (κ1) is 25.2. The molecule has 1 aliphatic rings. The Hall–Kier alpha value is -0.840. The Morgan fingerprint density at radius 3 is 1.96 bits per heavy atom. The van der Waals surface area contributed by atoms with E-state index in [9.17, 15) is 50.4 Å². The molecule has 1 fully saturated rings. The lowest BCUT2D eigenvalue weighted by atomic mass is 9.99. The van der Waals surface area contributed by atoms with Crippen LogP contribution in [0.15, 0.2) is 0 Å². The van der Waals surface area contributed by atoms with E-state index in [1.165, 1.54) is 0 Å². The van der Waals surface area contributed by atoms with Gasteiger partial charge in [-0.05, 0) is 0 Å². The van der Waals surface area contributed by atoms with Crippen LogP contribution < -0.4 is 0 Å². The van der Waals surface area contributed by atoms with Gasteiger partial charge in [-0.15, -0.1) is 0 Å². The molecule has 0 radical (unpaired) electrons. The first-order valence-electron chi connectivity index (χ1n) is 7.62. The van der Waals surface area contributed by atoms with Crippen molar-refractivity contribution in [3.05, 3.63) is 0 Å². The van der Waals surface area contributed by atoms with Gasteiger partial charge in [-0.3, -0.25) is 0 Å². The monoisotopic (exact) mass is 438 g/mol. The predicted octanol–water partition coefficient (Wildman–Crippen LogP) is -0.00950. The third-order valence-corrected chi connectivity index (χ3v) is 3.79. The van der Waals surface area contributed by atoms with Gasteiger partial charge in [-0.2, -0.15) is 26.3 Å². The Labute approximate surface area is 152 Å². The zero-order chi connectivity index (χ0) is 21.9. The lowest BCUT2D eigenvalue weighted by Crippen LogP contribution is -2.59. The van der Waals surface area contributed by atoms with Gasteiger partial charge in [0.25, 0.3) is 0 Å². The van der Waals surface area contributed by atoms with Gasteiger partial charge in [0.05, 0.1) is 19.8 Å². The van der Waals surface area contributed by atoms with Crippen molar-refractivity contribution in [1.29, 1.82) is 0 Å². The second-order valence-electron chi connectivity index (χ2n) is 5.82. The first-order valence-corrected chi connectivity index (χ1v) is 7.62. The first-order chi connectivity index (χ1) is 12.7. The van der Waals surface area contributed by atoms with Crippen LogP contribution in [-0.2, 0) is 14.2 Å². The van der Waals surface area contributed by atoms with Crippen LogP contribution in [0.3, 0.4) is 0 Å². The van der Waals surface area contributed by atoms with Crippen molar-refractivity contribution in [1.82, 2.24) is 0 Å². The molecule has 0 amide bonds. The van der Waals surface area contributed by atoms with Crippen LogP contribution in [0.25, 0.3) is 0 Å². The number of aliphatic hydroxyl groups excluding tert-OH is 4. The maximum Gasteiger partial charge on any atom is 0.380 e. The highest BCUT2D eigenvalue weighted by atomic mass is 19.4. The van der Waals surface area contributed by atoms with Crippen molar-refractivity contribution >= 4 is 0 Å². The molecule has 0 bridgehead atoms. The molecule has 1 rings (SSSR count). The van der Waals surface area contributed by atoms with Gasteiger partial charge < -0.3 is 34.6 Å². The van der Waals surface area contributed by atoms with E-state index in [1.54, 1.807) is 0 Å². The molecular formula is C13H18F8O7. The third-order valence-electron chi connectivity index (χ3n) is 3.79. The van der Waals surface area contributed by atoms with Crippen molar-refractivity contribution in [3.63, 3.8) is 0 Å². The highest BCUT2D eigenvalue weighted by molar-refractivity contribution is 4.97. The minimum atomic E-state index is -6.40. The summed E-state index contributed by atoms with van der Waals surface area (Å²) in [6.07, 6.45) is -13.4. The normalized spacial score (nSPS) is 30.1. The predicted molar refractivity (Wildman–Crippen MR) is 71.4 cm³/mol. The highest BCUT2D eigenvalue weighted by Crippen LogP contribution is 2.48. The molecule has 5 atom stereocenters. The highest BCUT2D eigenvalue weighted by Gasteiger charge is 2.75. The van der Waals surface area contributed by atoms with Crippen molar-refractivity contribution in [2.24, 2.45) is 0 Å². The van der Waals surface area contributed by atoms with Crippen LogP contribution in [0.4, 0.5) is 35.1 Å². The summed E-state index contributed by atoms with van der Waals surface area (Å²) in [5, 5.41) is 37.5. The number of hydrogen-bond acceptors (Lipinski definition) is 7. The maximum absolute atomic E-state index is 13.2. The molecule has 0 aromatic heterocycles. The van der Waals surface area contributed by atoms with Gasteiger partial charge in [0, 0.05) is 0 Å². The van der Waals surface area contributed by atoms with Gasteiger partial charge in [0.15, 0.2) is 6.29 Å². The molecule has 4 N–H and O–H groups in total. The van der Waals surface area contributed by atoms with Crippen LogP contribution in [0.2, 0.25) is 0 Å². The number of ether oxygens (including phenoxy) is 3. The van der Waals surface area contributed by atoms with E-state index in [-0.39, 0.29) is 0 Å². The second kappa shape index (κ2) is 9.32. The van der Waals surface area contributed by atoms with Gasteiger partial charge in [0.2, 0.25) is 0 Å². The maximum atomic E-state index is 13.2. The standard InChI is InChI=1S/C13H18F8O7/c14-10(15)12(18,19)13(20,21)11(16,17)4-26-1-2-27-9-8(25)7(24)6(23)5(3-22)28-9/h5-10,22-25H,1-4H2/t5-,6-,7+,8-,9-/m1/s1. The van der Waals surface area contributed by atoms with Crippen LogP contribution >= 0.6 is 0 Å². The van der Waals surface area contributed by atoms with Crippen LogP contribution in [0, 0.1) is 0 Å². The average Bonchev–Trinajstić information content (AvgIpc) is 2.60. The number of alkyl halides is 8. The van der Waals surface area contributed by atoms with Crippen molar-refractivity contribution in [2.75, 3.05) is 26.4 Å². The van der Waals surface area contributed by atoms with Gasteiger partial charge in [0.1, 0.15) is 31.0 Å². The summed E-state index contributed by atoms with van der Waals surface area (Å²) in [4.78, 5) is 0. The fourth-order valence-corrected chi connectivity index (χ4v) is 2.10. The zero-order valence-corrected chi connectivity index (χ0v) is 13.8. The van der Waals surface area contributed by atoms with E-state index < -0.39 is 81.3 Å². The molecule has 0 spiro atoms. The summed E-state index contributed by atoms with van der Waals surface area (Å²) in [6.45, 7) is -4.84. The Kier molecular flexibility index (Phi) is 8.38. The summed E-state index contributed by atoms with van der Waals surface area (Å²) in [5.74, 6) is -18.3. The number of aliphatic hydroxyl groups is 4. The molecule has 0 saturated carbocycles. The largest absolute Gasteiger partial charge is 0.394 e. The summed E-state index contributed by atoms with van der Waals surface area (Å²) in [7, 11) is 0. The van der Waals surface area contributed by atoms with Crippen LogP contribution in [-0.4, -0.2) is 102 Å². The molecule has 15 heteroatoms. The minimum Gasteiger partial charge on any atom is -0.394 e. The molecule has 0 aliphatic carbocycles. The van der Waals surface area contributed by atoms with E-state index in [2.05, 4.69) is 4.74 Å². The summed E-state index contributed by atoms with van der Waals surface area (Å²) < 4.78 is 115. The summed E-state index contributed by atoms with van der Waals surface area (Å²) in [6, 6.07) is 0. The van der Waals surface area contributed by atoms with Gasteiger partial charge in [-0.1, -0.05) is 0 Å². The van der Waals surface area contributed by atoms with Gasteiger partial charge in [-0.25, -0.2) is 8.78 Å². The Morgan fingerprint density at radius 1 is 0.893 bits per heavy atom. The SMILES string of the molecule is OC[C@H]1O[C@@H](OCCOCC(F)(F)C(F)(F)C(F)(F)C(F)F)[C@H](O)[C@@H](O)[C@@H]1O. The molecular weight excluding hydrogens is 420 g/mol. The zero-order valence-electron chi connectivity index (χ0n) is 13.8. The topological polar surface area (TPSA) is 109 Å². The van der Waals surface area contributed by atoms with Crippen LogP contribution in [0.1, 0.15) is 0 Å². The fraction of sp³-hybridized carbons (Fsp3) is 1.00. The average molecular weight is 438 g/mol. The van der Waals surface area contributed by atoms with E-state index in [1.807, 2.05) is 0 Å². The van der Waals surface area contributed by atoms with E-state index in [0.29, 0.717) is 0 Å².